The van der Waals surface area contributed by atoms with Crippen molar-refractivity contribution in [1.29, 1.82) is 0 Å². The standard InChI is InChI=1S/C17H17FN2O/c18-13-7-8-14-12(10-13)6-9-15(14)20-16(17(19)21)11-4-2-1-3-5-11/h1-5,7-8,10,15-16,20H,6,9H2,(H2,19,21)/t15-,16-/m0/s1. The number of halogens is 1. The second kappa shape index (κ2) is 5.66. The fourth-order valence-corrected chi connectivity index (χ4v) is 2.95. The van der Waals surface area contributed by atoms with Crippen LogP contribution in [0.1, 0.15) is 35.2 Å². The Morgan fingerprint density at radius 3 is 2.71 bits per heavy atom. The molecule has 4 heteroatoms. The van der Waals surface area contributed by atoms with Crippen LogP contribution in [0.25, 0.3) is 0 Å². The predicted octanol–water partition coefficient (Wildman–Crippen LogP) is 2.63. The molecule has 0 saturated carbocycles. The average molecular weight is 284 g/mol. The summed E-state index contributed by atoms with van der Waals surface area (Å²) in [7, 11) is 0. The second-order valence-electron chi connectivity index (χ2n) is 5.35. The molecule has 0 aliphatic heterocycles. The number of rotatable bonds is 4. The third-order valence-corrected chi connectivity index (χ3v) is 3.97. The summed E-state index contributed by atoms with van der Waals surface area (Å²) in [6.07, 6.45) is 1.65. The largest absolute Gasteiger partial charge is 0.368 e. The van der Waals surface area contributed by atoms with Crippen molar-refractivity contribution in [3.05, 3.63) is 71.0 Å². The lowest BCUT2D eigenvalue weighted by molar-refractivity contribution is -0.120. The zero-order chi connectivity index (χ0) is 14.8. The van der Waals surface area contributed by atoms with Crippen LogP contribution in [0.5, 0.6) is 0 Å². The van der Waals surface area contributed by atoms with Crippen molar-refractivity contribution in [1.82, 2.24) is 5.32 Å². The summed E-state index contributed by atoms with van der Waals surface area (Å²) in [6, 6.07) is 13.7. The number of fused-ring (bicyclic) bond motifs is 1. The Kier molecular flexibility index (Phi) is 3.71. The molecule has 0 bridgehead atoms. The number of nitrogens with two attached hydrogens (primary N) is 1. The maximum absolute atomic E-state index is 13.3. The molecule has 1 amide bonds. The molecular weight excluding hydrogens is 267 g/mol. The number of nitrogens with one attached hydrogen (secondary N) is 1. The van der Waals surface area contributed by atoms with Crippen LogP contribution in [0.4, 0.5) is 4.39 Å². The Labute approximate surface area is 123 Å². The van der Waals surface area contributed by atoms with Crippen molar-refractivity contribution in [2.45, 2.75) is 24.9 Å². The molecule has 1 aliphatic rings. The van der Waals surface area contributed by atoms with Gasteiger partial charge in [-0.15, -0.1) is 0 Å². The Morgan fingerprint density at radius 2 is 2.00 bits per heavy atom. The van der Waals surface area contributed by atoms with Gasteiger partial charge in [-0.05, 0) is 41.7 Å². The first kappa shape index (κ1) is 13.8. The van der Waals surface area contributed by atoms with Crippen LogP contribution in [0.15, 0.2) is 48.5 Å². The van der Waals surface area contributed by atoms with Crippen molar-refractivity contribution in [2.24, 2.45) is 5.73 Å². The minimum Gasteiger partial charge on any atom is -0.368 e. The van der Waals surface area contributed by atoms with E-state index in [1.54, 1.807) is 12.1 Å². The zero-order valence-electron chi connectivity index (χ0n) is 11.6. The molecule has 0 aromatic heterocycles. The first-order valence-corrected chi connectivity index (χ1v) is 7.04. The normalized spacial score (nSPS) is 18.2. The van der Waals surface area contributed by atoms with Crippen molar-refractivity contribution >= 4 is 5.91 Å². The summed E-state index contributed by atoms with van der Waals surface area (Å²) in [4.78, 5) is 11.8. The molecule has 0 heterocycles. The third-order valence-electron chi connectivity index (χ3n) is 3.97. The Hall–Kier alpha value is -2.20. The average Bonchev–Trinajstić information content (AvgIpc) is 2.87. The lowest BCUT2D eigenvalue weighted by Crippen LogP contribution is -2.35. The van der Waals surface area contributed by atoms with Crippen LogP contribution >= 0.6 is 0 Å². The van der Waals surface area contributed by atoms with Gasteiger partial charge >= 0.3 is 0 Å². The van der Waals surface area contributed by atoms with Gasteiger partial charge in [0.05, 0.1) is 0 Å². The minimum absolute atomic E-state index is 0.0262. The van der Waals surface area contributed by atoms with E-state index >= 15 is 0 Å². The molecule has 21 heavy (non-hydrogen) atoms. The summed E-state index contributed by atoms with van der Waals surface area (Å²) in [5.41, 5.74) is 8.43. The highest BCUT2D eigenvalue weighted by Crippen LogP contribution is 2.33. The van der Waals surface area contributed by atoms with E-state index in [4.69, 9.17) is 5.73 Å². The van der Waals surface area contributed by atoms with E-state index in [1.807, 2.05) is 30.3 Å². The number of benzene rings is 2. The van der Waals surface area contributed by atoms with Gasteiger partial charge in [0.1, 0.15) is 11.9 Å². The van der Waals surface area contributed by atoms with Gasteiger partial charge in [-0.3, -0.25) is 10.1 Å². The molecule has 0 spiro atoms. The molecule has 0 saturated heterocycles. The SMILES string of the molecule is NC(=O)[C@@H](N[C@H]1CCc2cc(F)ccc21)c1ccccc1. The molecule has 2 atom stereocenters. The lowest BCUT2D eigenvalue weighted by Gasteiger charge is -2.21. The number of hydrogen-bond donors (Lipinski definition) is 2. The van der Waals surface area contributed by atoms with E-state index in [2.05, 4.69) is 5.32 Å². The highest BCUT2D eigenvalue weighted by molar-refractivity contribution is 5.81. The van der Waals surface area contributed by atoms with E-state index in [1.165, 1.54) is 6.07 Å². The van der Waals surface area contributed by atoms with E-state index in [-0.39, 0.29) is 11.9 Å². The van der Waals surface area contributed by atoms with Gasteiger partial charge in [0.15, 0.2) is 0 Å². The summed E-state index contributed by atoms with van der Waals surface area (Å²) in [5.74, 6) is -0.624. The van der Waals surface area contributed by atoms with E-state index in [0.29, 0.717) is 0 Å². The van der Waals surface area contributed by atoms with Gasteiger partial charge in [0.2, 0.25) is 5.91 Å². The van der Waals surface area contributed by atoms with Crippen molar-refractivity contribution in [3.63, 3.8) is 0 Å². The lowest BCUT2D eigenvalue weighted by atomic mass is 10.0. The Bertz CT molecular complexity index is 657. The summed E-state index contributed by atoms with van der Waals surface area (Å²) in [5, 5.41) is 3.31. The second-order valence-corrected chi connectivity index (χ2v) is 5.35. The summed E-state index contributed by atoms with van der Waals surface area (Å²) < 4.78 is 13.3. The maximum Gasteiger partial charge on any atom is 0.239 e. The van der Waals surface area contributed by atoms with Crippen molar-refractivity contribution in [2.75, 3.05) is 0 Å². The van der Waals surface area contributed by atoms with Crippen LogP contribution in [-0.4, -0.2) is 5.91 Å². The number of carbonyl (C=O) groups excluding carboxylic acids is 1. The van der Waals surface area contributed by atoms with Crippen LogP contribution < -0.4 is 11.1 Å². The molecule has 0 fully saturated rings. The summed E-state index contributed by atoms with van der Waals surface area (Å²) >= 11 is 0. The maximum atomic E-state index is 13.3. The number of carbonyl (C=O) groups is 1. The molecular formula is C17H17FN2O. The molecule has 0 radical (unpaired) electrons. The molecule has 3 nitrogen and oxygen atoms in total. The van der Waals surface area contributed by atoms with Gasteiger partial charge in [-0.1, -0.05) is 36.4 Å². The molecule has 108 valence electrons. The van der Waals surface area contributed by atoms with Gasteiger partial charge in [-0.2, -0.15) is 0 Å². The quantitative estimate of drug-likeness (QED) is 0.907. The Morgan fingerprint density at radius 1 is 1.24 bits per heavy atom. The van der Waals surface area contributed by atoms with Gasteiger partial charge in [0.25, 0.3) is 0 Å². The third kappa shape index (κ3) is 2.81. The molecule has 1 aliphatic carbocycles. The van der Waals surface area contributed by atoms with Crippen molar-refractivity contribution < 1.29 is 9.18 Å². The summed E-state index contributed by atoms with van der Waals surface area (Å²) in [6.45, 7) is 0. The molecule has 3 rings (SSSR count). The molecule has 2 aromatic carbocycles. The van der Waals surface area contributed by atoms with E-state index < -0.39 is 11.9 Å². The molecule has 2 aromatic rings. The van der Waals surface area contributed by atoms with Crippen molar-refractivity contribution in [3.8, 4) is 0 Å². The number of amides is 1. The van der Waals surface area contributed by atoms with E-state index in [9.17, 15) is 9.18 Å². The van der Waals surface area contributed by atoms with Crippen LogP contribution in [0.2, 0.25) is 0 Å². The fourth-order valence-electron chi connectivity index (χ4n) is 2.95. The van der Waals surface area contributed by atoms with Gasteiger partial charge in [-0.25, -0.2) is 4.39 Å². The zero-order valence-corrected chi connectivity index (χ0v) is 11.6. The van der Waals surface area contributed by atoms with Crippen LogP contribution in [-0.2, 0) is 11.2 Å². The number of primary amides is 1. The Balaban J connectivity index is 1.85. The first-order valence-electron chi connectivity index (χ1n) is 7.04. The van der Waals surface area contributed by atoms with Gasteiger partial charge in [0, 0.05) is 6.04 Å². The topological polar surface area (TPSA) is 55.1 Å². The minimum atomic E-state index is -0.535. The predicted molar refractivity (Wildman–Crippen MR) is 79.0 cm³/mol. The first-order chi connectivity index (χ1) is 10.1. The van der Waals surface area contributed by atoms with E-state index in [0.717, 1.165) is 29.5 Å². The number of hydrogen-bond acceptors (Lipinski definition) is 2. The van der Waals surface area contributed by atoms with Gasteiger partial charge < -0.3 is 5.73 Å². The number of aryl methyl sites for hydroxylation is 1. The van der Waals surface area contributed by atoms with Crippen LogP contribution in [0.3, 0.4) is 0 Å². The highest BCUT2D eigenvalue weighted by atomic mass is 19.1. The molecule has 3 N–H and O–H groups in total. The molecule has 0 unspecified atom stereocenters. The fraction of sp³-hybridized carbons (Fsp3) is 0.235. The highest BCUT2D eigenvalue weighted by Gasteiger charge is 2.27. The smallest absolute Gasteiger partial charge is 0.239 e. The van der Waals surface area contributed by atoms with Crippen LogP contribution in [0, 0.1) is 5.82 Å². The monoisotopic (exact) mass is 284 g/mol.